The van der Waals surface area contributed by atoms with E-state index in [2.05, 4.69) is 19.2 Å². The summed E-state index contributed by atoms with van der Waals surface area (Å²) in [5.41, 5.74) is 7.09. The van der Waals surface area contributed by atoms with E-state index < -0.39 is 12.0 Å². The summed E-state index contributed by atoms with van der Waals surface area (Å²) < 4.78 is 5.01. The van der Waals surface area contributed by atoms with Crippen LogP contribution >= 0.6 is 0 Å². The number of carbonyl (C=O) groups excluding carboxylic acids is 1. The molecular formula is C15H24N2O3. The van der Waals surface area contributed by atoms with E-state index in [1.165, 1.54) is 5.56 Å². The van der Waals surface area contributed by atoms with Gasteiger partial charge >= 0.3 is 0 Å². The molecule has 1 atom stereocenters. The first-order valence-corrected chi connectivity index (χ1v) is 6.85. The number of aliphatic hydroxyl groups excluding tert-OH is 1. The molecule has 5 nitrogen and oxygen atoms in total. The summed E-state index contributed by atoms with van der Waals surface area (Å²) in [5.74, 6) is 0.0111. The number of aliphatic hydroxyl groups is 1. The highest BCUT2D eigenvalue weighted by atomic mass is 16.5. The van der Waals surface area contributed by atoms with Crippen LogP contribution in [0.15, 0.2) is 24.3 Å². The summed E-state index contributed by atoms with van der Waals surface area (Å²) in [4.78, 5) is 10.4. The van der Waals surface area contributed by atoms with Crippen molar-refractivity contribution in [3.63, 3.8) is 0 Å². The number of nitrogens with two attached hydrogens (primary N) is 1. The standard InChI is InChI=1S/C15H24N2O3/c1-11(2)12-3-5-13(6-4-12)14(18)9-17-7-8-20-10-15(16)19/h3-6,11,14,17-18H,7-10H2,1-2H3,(H2,16,19). The first-order valence-electron chi connectivity index (χ1n) is 6.85. The van der Waals surface area contributed by atoms with E-state index >= 15 is 0 Å². The van der Waals surface area contributed by atoms with Crippen LogP contribution in [0.25, 0.3) is 0 Å². The minimum atomic E-state index is -0.549. The third-order valence-corrected chi connectivity index (χ3v) is 2.99. The number of benzene rings is 1. The van der Waals surface area contributed by atoms with Crippen LogP contribution in [0.4, 0.5) is 0 Å². The quantitative estimate of drug-likeness (QED) is 0.588. The summed E-state index contributed by atoms with van der Waals surface area (Å²) in [7, 11) is 0. The molecule has 0 aliphatic heterocycles. The van der Waals surface area contributed by atoms with E-state index in [4.69, 9.17) is 10.5 Å². The fraction of sp³-hybridized carbons (Fsp3) is 0.533. The van der Waals surface area contributed by atoms with Gasteiger partial charge < -0.3 is 20.9 Å². The van der Waals surface area contributed by atoms with Gasteiger partial charge in [-0.3, -0.25) is 4.79 Å². The van der Waals surface area contributed by atoms with E-state index in [0.717, 1.165) is 5.56 Å². The lowest BCUT2D eigenvalue weighted by molar-refractivity contribution is -0.122. The predicted molar refractivity (Wildman–Crippen MR) is 78.4 cm³/mol. The van der Waals surface area contributed by atoms with Crippen LogP contribution in [0.1, 0.15) is 37.0 Å². The Balaban J connectivity index is 2.25. The van der Waals surface area contributed by atoms with Crippen molar-refractivity contribution in [2.75, 3.05) is 26.3 Å². The van der Waals surface area contributed by atoms with Crippen molar-refractivity contribution in [3.05, 3.63) is 35.4 Å². The van der Waals surface area contributed by atoms with Crippen LogP contribution in [-0.2, 0) is 9.53 Å². The molecule has 0 aliphatic carbocycles. The zero-order valence-corrected chi connectivity index (χ0v) is 12.1. The molecule has 0 saturated heterocycles. The molecule has 1 aromatic carbocycles. The molecule has 20 heavy (non-hydrogen) atoms. The van der Waals surface area contributed by atoms with Crippen LogP contribution < -0.4 is 11.1 Å². The lowest BCUT2D eigenvalue weighted by Gasteiger charge is -2.13. The summed E-state index contributed by atoms with van der Waals surface area (Å²) in [6.45, 7) is 5.61. The fourth-order valence-corrected chi connectivity index (χ4v) is 1.78. The second-order valence-electron chi connectivity index (χ2n) is 5.06. The van der Waals surface area contributed by atoms with Crippen LogP contribution in [0.5, 0.6) is 0 Å². The van der Waals surface area contributed by atoms with Crippen molar-refractivity contribution in [3.8, 4) is 0 Å². The van der Waals surface area contributed by atoms with Crippen LogP contribution in [0.2, 0.25) is 0 Å². The first-order chi connectivity index (χ1) is 9.50. The third kappa shape index (κ3) is 6.14. The largest absolute Gasteiger partial charge is 0.387 e. The minimum Gasteiger partial charge on any atom is -0.387 e. The Morgan fingerprint density at radius 1 is 1.30 bits per heavy atom. The number of hydrogen-bond donors (Lipinski definition) is 3. The van der Waals surface area contributed by atoms with Gasteiger partial charge in [0, 0.05) is 13.1 Å². The Morgan fingerprint density at radius 3 is 2.45 bits per heavy atom. The lowest BCUT2D eigenvalue weighted by atomic mass is 10.00. The number of hydrogen-bond acceptors (Lipinski definition) is 4. The summed E-state index contributed by atoms with van der Waals surface area (Å²) in [5, 5.41) is 13.1. The van der Waals surface area contributed by atoms with Gasteiger partial charge in [-0.2, -0.15) is 0 Å². The van der Waals surface area contributed by atoms with Crippen molar-refractivity contribution in [1.82, 2.24) is 5.32 Å². The molecule has 0 saturated carbocycles. The number of rotatable bonds is 9. The molecule has 1 unspecified atom stereocenters. The average molecular weight is 280 g/mol. The maximum absolute atomic E-state index is 10.4. The molecular weight excluding hydrogens is 256 g/mol. The number of nitrogens with one attached hydrogen (secondary N) is 1. The second kappa shape index (κ2) is 8.68. The monoisotopic (exact) mass is 280 g/mol. The van der Waals surface area contributed by atoms with Gasteiger partial charge in [-0.25, -0.2) is 0 Å². The van der Waals surface area contributed by atoms with Gasteiger partial charge in [0.2, 0.25) is 5.91 Å². The molecule has 0 radical (unpaired) electrons. The molecule has 1 rings (SSSR count). The zero-order valence-electron chi connectivity index (χ0n) is 12.1. The Labute approximate surface area is 120 Å². The molecule has 0 heterocycles. The lowest BCUT2D eigenvalue weighted by Crippen LogP contribution is -2.27. The Hall–Kier alpha value is -1.43. The molecule has 0 bridgehead atoms. The maximum Gasteiger partial charge on any atom is 0.243 e. The first kappa shape index (κ1) is 16.6. The van der Waals surface area contributed by atoms with Crippen molar-refractivity contribution < 1.29 is 14.6 Å². The molecule has 5 heteroatoms. The predicted octanol–water partition coefficient (Wildman–Crippen LogP) is 0.935. The topological polar surface area (TPSA) is 84.6 Å². The Bertz CT molecular complexity index is 404. The summed E-state index contributed by atoms with van der Waals surface area (Å²) >= 11 is 0. The van der Waals surface area contributed by atoms with Crippen molar-refractivity contribution in [1.29, 1.82) is 0 Å². The second-order valence-corrected chi connectivity index (χ2v) is 5.06. The third-order valence-electron chi connectivity index (χ3n) is 2.99. The zero-order chi connectivity index (χ0) is 15.0. The van der Waals surface area contributed by atoms with Gasteiger partial charge in [-0.15, -0.1) is 0 Å². The smallest absolute Gasteiger partial charge is 0.243 e. The number of carbonyl (C=O) groups is 1. The molecule has 1 amide bonds. The van der Waals surface area contributed by atoms with Gasteiger partial charge in [0.25, 0.3) is 0 Å². The van der Waals surface area contributed by atoms with Crippen LogP contribution in [0, 0.1) is 0 Å². The molecule has 1 aromatic rings. The molecule has 0 fully saturated rings. The molecule has 0 aliphatic rings. The van der Waals surface area contributed by atoms with Gasteiger partial charge in [-0.1, -0.05) is 38.1 Å². The highest BCUT2D eigenvalue weighted by Crippen LogP contribution is 2.18. The van der Waals surface area contributed by atoms with Gasteiger partial charge in [0.15, 0.2) is 0 Å². The summed E-state index contributed by atoms with van der Waals surface area (Å²) in [6.07, 6.45) is -0.549. The minimum absolute atomic E-state index is 0.0686. The highest BCUT2D eigenvalue weighted by Gasteiger charge is 2.07. The van der Waals surface area contributed by atoms with Gasteiger partial charge in [-0.05, 0) is 17.0 Å². The van der Waals surface area contributed by atoms with Crippen molar-refractivity contribution in [2.45, 2.75) is 25.9 Å². The van der Waals surface area contributed by atoms with E-state index in [1.54, 1.807) is 0 Å². The average Bonchev–Trinajstić information content (AvgIpc) is 2.42. The van der Waals surface area contributed by atoms with Crippen LogP contribution in [-0.4, -0.2) is 37.3 Å². The van der Waals surface area contributed by atoms with Crippen molar-refractivity contribution >= 4 is 5.91 Å². The SMILES string of the molecule is CC(C)c1ccc(C(O)CNCCOCC(N)=O)cc1. The van der Waals surface area contributed by atoms with E-state index in [0.29, 0.717) is 25.6 Å². The molecule has 4 N–H and O–H groups in total. The number of primary amides is 1. The number of amides is 1. The Kier molecular flexibility index (Phi) is 7.22. The van der Waals surface area contributed by atoms with E-state index in [9.17, 15) is 9.90 Å². The normalized spacial score (nSPS) is 12.6. The highest BCUT2D eigenvalue weighted by molar-refractivity contribution is 5.74. The summed E-state index contributed by atoms with van der Waals surface area (Å²) in [6, 6.07) is 7.98. The van der Waals surface area contributed by atoms with Crippen molar-refractivity contribution in [2.24, 2.45) is 5.73 Å². The Morgan fingerprint density at radius 2 is 1.90 bits per heavy atom. The van der Waals surface area contributed by atoms with Gasteiger partial charge in [0.1, 0.15) is 6.61 Å². The number of ether oxygens (including phenoxy) is 1. The molecule has 0 aromatic heterocycles. The van der Waals surface area contributed by atoms with E-state index in [1.807, 2.05) is 24.3 Å². The van der Waals surface area contributed by atoms with E-state index in [-0.39, 0.29) is 6.61 Å². The molecule has 112 valence electrons. The van der Waals surface area contributed by atoms with Crippen LogP contribution in [0.3, 0.4) is 0 Å². The maximum atomic E-state index is 10.4. The fourth-order valence-electron chi connectivity index (χ4n) is 1.78. The van der Waals surface area contributed by atoms with Gasteiger partial charge in [0.05, 0.1) is 12.7 Å². The molecule has 0 spiro atoms.